The Hall–Kier alpha value is -3.63. The topological polar surface area (TPSA) is 92.0 Å². The Morgan fingerprint density at radius 3 is 2.56 bits per heavy atom. The van der Waals surface area contributed by atoms with E-state index in [2.05, 4.69) is 36.0 Å². The minimum atomic E-state index is -4.50. The summed E-state index contributed by atoms with van der Waals surface area (Å²) in [6, 6.07) is 10.8. The van der Waals surface area contributed by atoms with Gasteiger partial charge in [-0.3, -0.25) is 4.99 Å². The Labute approximate surface area is 184 Å². The van der Waals surface area contributed by atoms with Crippen molar-refractivity contribution in [3.63, 3.8) is 0 Å². The summed E-state index contributed by atoms with van der Waals surface area (Å²) in [5, 5.41) is 13.3. The summed E-state index contributed by atoms with van der Waals surface area (Å²) < 4.78 is 39.9. The first-order valence-corrected chi connectivity index (χ1v) is 10.2. The second-order valence-corrected chi connectivity index (χ2v) is 6.74. The highest BCUT2D eigenvalue weighted by Gasteiger charge is 2.32. The Morgan fingerprint density at radius 1 is 1.06 bits per heavy atom. The first kappa shape index (κ1) is 23.0. The Kier molecular flexibility index (Phi) is 8.01. The molecule has 2 aromatic heterocycles. The number of hydrogen-bond donors (Lipinski definition) is 3. The van der Waals surface area contributed by atoms with Gasteiger partial charge >= 0.3 is 6.18 Å². The van der Waals surface area contributed by atoms with Crippen molar-refractivity contribution >= 4 is 11.9 Å². The van der Waals surface area contributed by atoms with Crippen LogP contribution in [0.25, 0.3) is 5.69 Å². The van der Waals surface area contributed by atoms with Gasteiger partial charge in [0.2, 0.25) is 5.95 Å². The number of alkyl halides is 3. The number of hydrogen-bond acceptors (Lipinski definition) is 5. The van der Waals surface area contributed by atoms with Gasteiger partial charge in [-0.05, 0) is 43.2 Å². The second-order valence-electron chi connectivity index (χ2n) is 6.74. The molecule has 3 rings (SSSR count). The largest absolute Gasteiger partial charge is 0.433 e. The molecular formula is C21H25F3N8. The minimum absolute atomic E-state index is 0.0675. The number of nitrogens with zero attached hydrogens (tertiary/aromatic N) is 5. The molecule has 0 aliphatic carbocycles. The SMILES string of the molecule is CCNC(=NCCc1ccc(-n2cccn2)cc1)NCCNc1nccc(C(F)(F)F)n1. The molecule has 1 aromatic carbocycles. The molecule has 11 heteroatoms. The van der Waals surface area contributed by atoms with E-state index in [9.17, 15) is 13.2 Å². The molecule has 3 N–H and O–H groups in total. The number of guanidine groups is 1. The fourth-order valence-corrected chi connectivity index (χ4v) is 2.83. The summed E-state index contributed by atoms with van der Waals surface area (Å²) in [4.78, 5) is 11.8. The summed E-state index contributed by atoms with van der Waals surface area (Å²) in [6.45, 7) is 4.00. The van der Waals surface area contributed by atoms with Crippen molar-refractivity contribution in [3.8, 4) is 5.69 Å². The van der Waals surface area contributed by atoms with Crippen LogP contribution in [0, 0.1) is 0 Å². The van der Waals surface area contributed by atoms with E-state index >= 15 is 0 Å². The molecule has 2 heterocycles. The molecule has 0 amide bonds. The van der Waals surface area contributed by atoms with Crippen molar-refractivity contribution in [3.05, 3.63) is 66.2 Å². The Balaban J connectivity index is 1.45. The quantitative estimate of drug-likeness (QED) is 0.266. The van der Waals surface area contributed by atoms with Gasteiger partial charge < -0.3 is 16.0 Å². The molecule has 170 valence electrons. The molecule has 0 saturated heterocycles. The summed E-state index contributed by atoms with van der Waals surface area (Å²) in [5.41, 5.74) is 1.17. The molecule has 0 atom stereocenters. The van der Waals surface area contributed by atoms with Crippen molar-refractivity contribution in [1.29, 1.82) is 0 Å². The lowest BCUT2D eigenvalue weighted by atomic mass is 10.1. The smallest absolute Gasteiger partial charge is 0.357 e. The van der Waals surface area contributed by atoms with E-state index in [0.29, 0.717) is 32.1 Å². The molecule has 0 fully saturated rings. The molecule has 0 radical (unpaired) electrons. The normalized spacial score (nSPS) is 11.9. The zero-order chi connectivity index (χ0) is 22.8. The van der Waals surface area contributed by atoms with Crippen molar-refractivity contribution in [2.45, 2.75) is 19.5 Å². The third-order valence-electron chi connectivity index (χ3n) is 4.37. The molecule has 0 saturated carbocycles. The van der Waals surface area contributed by atoms with Crippen LogP contribution in [-0.2, 0) is 12.6 Å². The molecule has 0 aliphatic rings. The lowest BCUT2D eigenvalue weighted by Gasteiger charge is -2.12. The Bertz CT molecular complexity index is 985. The van der Waals surface area contributed by atoms with Crippen molar-refractivity contribution in [2.24, 2.45) is 4.99 Å². The number of aliphatic imine (C=N–C) groups is 1. The van der Waals surface area contributed by atoms with E-state index in [1.54, 1.807) is 10.9 Å². The number of anilines is 1. The molecule has 0 unspecified atom stereocenters. The molecule has 32 heavy (non-hydrogen) atoms. The fourth-order valence-electron chi connectivity index (χ4n) is 2.83. The predicted octanol–water partition coefficient (Wildman–Crippen LogP) is 2.89. The van der Waals surface area contributed by atoms with Crippen LogP contribution in [0.4, 0.5) is 19.1 Å². The maximum Gasteiger partial charge on any atom is 0.433 e. The van der Waals surface area contributed by atoms with Crippen LogP contribution in [0.1, 0.15) is 18.2 Å². The van der Waals surface area contributed by atoms with Crippen LogP contribution >= 0.6 is 0 Å². The minimum Gasteiger partial charge on any atom is -0.357 e. The van der Waals surface area contributed by atoms with Gasteiger partial charge in [-0.1, -0.05) is 12.1 Å². The number of halogens is 3. The van der Waals surface area contributed by atoms with E-state index in [1.807, 2.05) is 43.5 Å². The van der Waals surface area contributed by atoms with Crippen LogP contribution in [0.5, 0.6) is 0 Å². The standard InChI is InChI=1S/C21H25F3N8/c1-2-25-19(28-13-14-29-20-27-12-9-18(31-20)21(22,23)24)26-11-8-16-4-6-17(7-5-16)32-15-3-10-30-32/h3-7,9-10,12,15H,2,8,11,13-14H2,1H3,(H2,25,26,28)(H,27,29,31). The zero-order valence-corrected chi connectivity index (χ0v) is 17.6. The van der Waals surface area contributed by atoms with Gasteiger partial charge in [-0.25, -0.2) is 14.6 Å². The third kappa shape index (κ3) is 6.96. The maximum atomic E-state index is 12.7. The molecule has 0 aliphatic heterocycles. The molecular weight excluding hydrogens is 421 g/mol. The predicted molar refractivity (Wildman–Crippen MR) is 117 cm³/mol. The molecule has 8 nitrogen and oxygen atoms in total. The fraction of sp³-hybridized carbons (Fsp3) is 0.333. The number of rotatable bonds is 9. The van der Waals surface area contributed by atoms with Crippen LogP contribution in [0.3, 0.4) is 0 Å². The van der Waals surface area contributed by atoms with E-state index in [-0.39, 0.29) is 5.95 Å². The van der Waals surface area contributed by atoms with Crippen LogP contribution in [0.2, 0.25) is 0 Å². The number of nitrogens with one attached hydrogen (secondary N) is 3. The first-order valence-electron chi connectivity index (χ1n) is 10.2. The monoisotopic (exact) mass is 446 g/mol. The van der Waals surface area contributed by atoms with E-state index in [4.69, 9.17) is 0 Å². The van der Waals surface area contributed by atoms with Crippen LogP contribution < -0.4 is 16.0 Å². The third-order valence-corrected chi connectivity index (χ3v) is 4.37. The molecule has 0 bridgehead atoms. The summed E-state index contributed by atoms with van der Waals surface area (Å²) in [5.74, 6) is 0.564. The van der Waals surface area contributed by atoms with E-state index in [0.717, 1.165) is 29.9 Å². The van der Waals surface area contributed by atoms with Gasteiger partial charge in [0.1, 0.15) is 5.69 Å². The average molecular weight is 446 g/mol. The van der Waals surface area contributed by atoms with Gasteiger partial charge in [-0.2, -0.15) is 18.3 Å². The van der Waals surface area contributed by atoms with Gasteiger partial charge in [0.05, 0.1) is 5.69 Å². The first-order chi connectivity index (χ1) is 15.5. The Morgan fingerprint density at radius 2 is 1.88 bits per heavy atom. The van der Waals surface area contributed by atoms with Gasteiger partial charge in [0.25, 0.3) is 0 Å². The lowest BCUT2D eigenvalue weighted by Crippen LogP contribution is -2.39. The van der Waals surface area contributed by atoms with Crippen LogP contribution in [0.15, 0.2) is 60.0 Å². The summed E-state index contributed by atoms with van der Waals surface area (Å²) in [7, 11) is 0. The summed E-state index contributed by atoms with van der Waals surface area (Å²) >= 11 is 0. The van der Waals surface area contributed by atoms with Gasteiger partial charge in [0, 0.05) is 44.8 Å². The average Bonchev–Trinajstić information content (AvgIpc) is 3.32. The number of aromatic nitrogens is 4. The summed E-state index contributed by atoms with van der Waals surface area (Å²) in [6.07, 6.45) is 0.981. The highest BCUT2D eigenvalue weighted by Crippen LogP contribution is 2.27. The zero-order valence-electron chi connectivity index (χ0n) is 17.6. The van der Waals surface area contributed by atoms with Crippen molar-refractivity contribution in [2.75, 3.05) is 31.5 Å². The maximum absolute atomic E-state index is 12.7. The van der Waals surface area contributed by atoms with Crippen LogP contribution in [-0.4, -0.2) is 51.9 Å². The van der Waals surface area contributed by atoms with Gasteiger partial charge in [-0.15, -0.1) is 0 Å². The van der Waals surface area contributed by atoms with Crippen molar-refractivity contribution < 1.29 is 13.2 Å². The highest BCUT2D eigenvalue weighted by molar-refractivity contribution is 5.79. The second kappa shape index (κ2) is 11.1. The van der Waals surface area contributed by atoms with E-state index in [1.165, 1.54) is 0 Å². The molecule has 3 aromatic rings. The van der Waals surface area contributed by atoms with E-state index < -0.39 is 11.9 Å². The van der Waals surface area contributed by atoms with Crippen molar-refractivity contribution in [1.82, 2.24) is 30.4 Å². The lowest BCUT2D eigenvalue weighted by molar-refractivity contribution is -0.141. The molecule has 0 spiro atoms. The number of benzene rings is 1. The van der Waals surface area contributed by atoms with Gasteiger partial charge in [0.15, 0.2) is 5.96 Å². The highest BCUT2D eigenvalue weighted by atomic mass is 19.4.